The second kappa shape index (κ2) is 6.08. The molecule has 0 aliphatic rings. The molecule has 3 nitrogen and oxygen atoms in total. The van der Waals surface area contributed by atoms with Gasteiger partial charge in [-0.2, -0.15) is 0 Å². The number of rotatable bonds is 5. The number of aromatic nitrogens is 1. The first-order valence-electron chi connectivity index (χ1n) is 5.14. The highest BCUT2D eigenvalue weighted by molar-refractivity contribution is 9.10. The summed E-state index contributed by atoms with van der Waals surface area (Å²) in [5.41, 5.74) is 1.20. The minimum Gasteiger partial charge on any atom is -0.370 e. The molecule has 0 saturated heterocycles. The molecule has 1 aromatic heterocycles. The molecule has 0 aromatic carbocycles. The van der Waals surface area contributed by atoms with Gasteiger partial charge in [0.05, 0.1) is 0 Å². The zero-order valence-electron chi connectivity index (χ0n) is 9.47. The molecular formula is C11H18BrN3. The molecule has 1 unspecified atom stereocenters. The zero-order chi connectivity index (χ0) is 11.3. The van der Waals surface area contributed by atoms with Gasteiger partial charge >= 0.3 is 0 Å². The Morgan fingerprint density at radius 3 is 2.80 bits per heavy atom. The monoisotopic (exact) mass is 271 g/mol. The maximum Gasteiger partial charge on any atom is 0.126 e. The second-order valence-electron chi connectivity index (χ2n) is 3.86. The molecule has 0 radical (unpaired) electrons. The Hall–Kier alpha value is -0.610. The second-order valence-corrected chi connectivity index (χ2v) is 4.72. The summed E-state index contributed by atoms with van der Waals surface area (Å²) >= 11 is 3.43. The van der Waals surface area contributed by atoms with Crippen LogP contribution in [0.3, 0.4) is 0 Å². The van der Waals surface area contributed by atoms with Crippen molar-refractivity contribution in [1.29, 1.82) is 0 Å². The third-order valence-electron chi connectivity index (χ3n) is 2.23. The topological polar surface area (TPSA) is 37.0 Å². The molecule has 4 heteroatoms. The number of nitrogens with one attached hydrogen (secondary N) is 2. The molecule has 0 fully saturated rings. The van der Waals surface area contributed by atoms with E-state index in [1.807, 2.05) is 13.2 Å². The van der Waals surface area contributed by atoms with Gasteiger partial charge in [0.25, 0.3) is 0 Å². The van der Waals surface area contributed by atoms with E-state index in [1.165, 1.54) is 5.56 Å². The van der Waals surface area contributed by atoms with Gasteiger partial charge in [-0.1, -0.05) is 6.92 Å². The summed E-state index contributed by atoms with van der Waals surface area (Å²) in [6.07, 6.45) is 1.83. The highest BCUT2D eigenvalue weighted by atomic mass is 79.9. The molecular weight excluding hydrogens is 254 g/mol. The maximum atomic E-state index is 4.29. The van der Waals surface area contributed by atoms with E-state index >= 15 is 0 Å². The van der Waals surface area contributed by atoms with Crippen molar-refractivity contribution in [2.24, 2.45) is 5.92 Å². The van der Waals surface area contributed by atoms with Crippen molar-refractivity contribution in [2.75, 3.05) is 25.5 Å². The SMILES string of the molecule is CNCC(C)CNc1cc(C)c(Br)cn1. The highest BCUT2D eigenvalue weighted by Gasteiger charge is 2.02. The highest BCUT2D eigenvalue weighted by Crippen LogP contribution is 2.17. The van der Waals surface area contributed by atoms with Gasteiger partial charge in [-0.25, -0.2) is 4.98 Å². The van der Waals surface area contributed by atoms with Gasteiger partial charge in [0.2, 0.25) is 0 Å². The molecule has 1 rings (SSSR count). The molecule has 1 heterocycles. The predicted octanol–water partition coefficient (Wildman–Crippen LogP) is 2.42. The number of hydrogen-bond acceptors (Lipinski definition) is 3. The van der Waals surface area contributed by atoms with E-state index in [-0.39, 0.29) is 0 Å². The fourth-order valence-corrected chi connectivity index (χ4v) is 1.55. The van der Waals surface area contributed by atoms with E-state index in [0.29, 0.717) is 5.92 Å². The Morgan fingerprint density at radius 2 is 2.20 bits per heavy atom. The molecule has 1 aromatic rings. The van der Waals surface area contributed by atoms with Crippen LogP contribution in [0, 0.1) is 12.8 Å². The Bertz CT molecular complexity index is 315. The van der Waals surface area contributed by atoms with Crippen LogP contribution >= 0.6 is 15.9 Å². The number of anilines is 1. The number of nitrogens with zero attached hydrogens (tertiary/aromatic N) is 1. The molecule has 1 atom stereocenters. The molecule has 0 saturated carbocycles. The van der Waals surface area contributed by atoms with Gasteiger partial charge in [0.15, 0.2) is 0 Å². The summed E-state index contributed by atoms with van der Waals surface area (Å²) in [5.74, 6) is 1.54. The lowest BCUT2D eigenvalue weighted by atomic mass is 10.2. The first-order valence-corrected chi connectivity index (χ1v) is 5.93. The molecule has 0 spiro atoms. The lowest BCUT2D eigenvalue weighted by molar-refractivity contribution is 0.569. The van der Waals surface area contributed by atoms with Crippen LogP contribution in [-0.4, -0.2) is 25.1 Å². The summed E-state index contributed by atoms with van der Waals surface area (Å²) in [4.78, 5) is 4.29. The van der Waals surface area contributed by atoms with E-state index in [0.717, 1.165) is 23.4 Å². The normalized spacial score (nSPS) is 12.5. The van der Waals surface area contributed by atoms with Crippen LogP contribution in [0.15, 0.2) is 16.7 Å². The Labute approximate surface area is 99.8 Å². The lowest BCUT2D eigenvalue weighted by Gasteiger charge is -2.12. The standard InChI is InChI=1S/C11H18BrN3/c1-8(5-13-3)6-14-11-4-9(2)10(12)7-15-11/h4,7-8,13H,5-6H2,1-3H3,(H,14,15). The first kappa shape index (κ1) is 12.5. The Kier molecular flexibility index (Phi) is 5.05. The fourth-order valence-electron chi connectivity index (χ4n) is 1.34. The number of aryl methyl sites for hydroxylation is 1. The molecule has 15 heavy (non-hydrogen) atoms. The van der Waals surface area contributed by atoms with Crippen LogP contribution in [0.4, 0.5) is 5.82 Å². The quantitative estimate of drug-likeness (QED) is 0.864. The van der Waals surface area contributed by atoms with Gasteiger partial charge in [0, 0.05) is 17.2 Å². The molecule has 0 aliphatic carbocycles. The van der Waals surface area contributed by atoms with Crippen LogP contribution in [0.1, 0.15) is 12.5 Å². The van der Waals surface area contributed by atoms with Gasteiger partial charge in [-0.05, 0) is 54.0 Å². The van der Waals surface area contributed by atoms with Crippen molar-refractivity contribution in [2.45, 2.75) is 13.8 Å². The minimum absolute atomic E-state index is 0.598. The molecule has 0 bridgehead atoms. The van der Waals surface area contributed by atoms with Crippen molar-refractivity contribution >= 4 is 21.7 Å². The fraction of sp³-hybridized carbons (Fsp3) is 0.545. The smallest absolute Gasteiger partial charge is 0.126 e. The number of halogens is 1. The third-order valence-corrected chi connectivity index (χ3v) is 3.06. The van der Waals surface area contributed by atoms with Crippen LogP contribution in [0.25, 0.3) is 0 Å². The van der Waals surface area contributed by atoms with Crippen LogP contribution in [-0.2, 0) is 0 Å². The van der Waals surface area contributed by atoms with Gasteiger partial charge in [-0.15, -0.1) is 0 Å². The van der Waals surface area contributed by atoms with Gasteiger partial charge < -0.3 is 10.6 Å². The van der Waals surface area contributed by atoms with Gasteiger partial charge in [-0.3, -0.25) is 0 Å². The summed E-state index contributed by atoms with van der Waals surface area (Å²) in [5, 5.41) is 6.48. The zero-order valence-corrected chi connectivity index (χ0v) is 11.1. The largest absolute Gasteiger partial charge is 0.370 e. The average molecular weight is 272 g/mol. The predicted molar refractivity (Wildman–Crippen MR) is 68.3 cm³/mol. The first-order chi connectivity index (χ1) is 7.13. The molecule has 84 valence electrons. The van der Waals surface area contributed by atoms with Crippen LogP contribution in [0.5, 0.6) is 0 Å². The number of hydrogen-bond donors (Lipinski definition) is 2. The van der Waals surface area contributed by atoms with Crippen LogP contribution < -0.4 is 10.6 Å². The summed E-state index contributed by atoms with van der Waals surface area (Å²) in [6, 6.07) is 2.05. The molecule has 0 aliphatic heterocycles. The van der Waals surface area contributed by atoms with E-state index in [2.05, 4.69) is 51.5 Å². The lowest BCUT2D eigenvalue weighted by Crippen LogP contribution is -2.23. The van der Waals surface area contributed by atoms with Gasteiger partial charge in [0.1, 0.15) is 5.82 Å². The molecule has 2 N–H and O–H groups in total. The molecule has 0 amide bonds. The van der Waals surface area contributed by atoms with Crippen molar-refractivity contribution in [3.8, 4) is 0 Å². The minimum atomic E-state index is 0.598. The average Bonchev–Trinajstić information content (AvgIpc) is 2.20. The van der Waals surface area contributed by atoms with Crippen molar-refractivity contribution in [1.82, 2.24) is 10.3 Å². The maximum absolute atomic E-state index is 4.29. The van der Waals surface area contributed by atoms with E-state index in [4.69, 9.17) is 0 Å². The Balaban J connectivity index is 2.47. The summed E-state index contributed by atoms with van der Waals surface area (Å²) < 4.78 is 1.05. The number of pyridine rings is 1. The Morgan fingerprint density at radius 1 is 1.47 bits per heavy atom. The van der Waals surface area contributed by atoms with Crippen molar-refractivity contribution < 1.29 is 0 Å². The van der Waals surface area contributed by atoms with Crippen molar-refractivity contribution in [3.05, 3.63) is 22.3 Å². The van der Waals surface area contributed by atoms with E-state index in [9.17, 15) is 0 Å². The van der Waals surface area contributed by atoms with E-state index in [1.54, 1.807) is 0 Å². The summed E-state index contributed by atoms with van der Waals surface area (Å²) in [7, 11) is 1.97. The van der Waals surface area contributed by atoms with Crippen molar-refractivity contribution in [3.63, 3.8) is 0 Å². The van der Waals surface area contributed by atoms with Crippen LogP contribution in [0.2, 0.25) is 0 Å². The third kappa shape index (κ3) is 4.18. The van der Waals surface area contributed by atoms with E-state index < -0.39 is 0 Å². The summed E-state index contributed by atoms with van der Waals surface area (Å²) in [6.45, 7) is 6.22.